The summed E-state index contributed by atoms with van der Waals surface area (Å²) in [5.41, 5.74) is 3.96. The van der Waals surface area contributed by atoms with E-state index in [0.717, 1.165) is 11.1 Å². The second kappa shape index (κ2) is 6.56. The summed E-state index contributed by atoms with van der Waals surface area (Å²) in [5, 5.41) is 2.78. The Bertz CT molecular complexity index is 1030. The lowest BCUT2D eigenvalue weighted by atomic mass is 10.0. The number of carbonyl (C=O) groups excluding carboxylic acids is 2. The van der Waals surface area contributed by atoms with Crippen molar-refractivity contribution in [2.75, 3.05) is 6.54 Å². The molecule has 26 heavy (non-hydrogen) atoms. The molecule has 4 heteroatoms. The first-order valence-electron chi connectivity index (χ1n) is 8.45. The maximum absolute atomic E-state index is 13.6. The Kier molecular flexibility index (Phi) is 4.09. The summed E-state index contributed by atoms with van der Waals surface area (Å²) in [7, 11) is 0. The molecule has 1 aliphatic carbocycles. The SMILES string of the molecule is O=C(NCCc1ccccc1F)c1ccc2c(c1)C(=O)c1ccccc1-2. The number of halogens is 1. The Balaban J connectivity index is 1.49. The molecule has 0 fully saturated rings. The van der Waals surface area contributed by atoms with E-state index in [1.54, 1.807) is 36.4 Å². The number of ketones is 1. The highest BCUT2D eigenvalue weighted by Gasteiger charge is 2.26. The molecule has 0 saturated carbocycles. The van der Waals surface area contributed by atoms with Crippen molar-refractivity contribution >= 4 is 11.7 Å². The van der Waals surface area contributed by atoms with E-state index in [2.05, 4.69) is 5.32 Å². The Morgan fingerprint density at radius 1 is 0.846 bits per heavy atom. The molecule has 0 atom stereocenters. The van der Waals surface area contributed by atoms with Crippen molar-refractivity contribution in [1.82, 2.24) is 5.32 Å². The van der Waals surface area contributed by atoms with Crippen LogP contribution in [-0.4, -0.2) is 18.2 Å². The highest BCUT2D eigenvalue weighted by atomic mass is 19.1. The fourth-order valence-electron chi connectivity index (χ4n) is 3.28. The van der Waals surface area contributed by atoms with Gasteiger partial charge in [-0.3, -0.25) is 9.59 Å². The van der Waals surface area contributed by atoms with Gasteiger partial charge in [-0.25, -0.2) is 4.39 Å². The average Bonchev–Trinajstić information content (AvgIpc) is 2.96. The van der Waals surface area contributed by atoms with Gasteiger partial charge in [-0.2, -0.15) is 0 Å². The maximum atomic E-state index is 13.6. The van der Waals surface area contributed by atoms with Crippen LogP contribution in [0.3, 0.4) is 0 Å². The van der Waals surface area contributed by atoms with Crippen molar-refractivity contribution in [3.63, 3.8) is 0 Å². The summed E-state index contributed by atoms with van der Waals surface area (Å²) >= 11 is 0. The summed E-state index contributed by atoms with van der Waals surface area (Å²) in [4.78, 5) is 24.9. The minimum atomic E-state index is -0.275. The van der Waals surface area contributed by atoms with E-state index in [-0.39, 0.29) is 17.5 Å². The van der Waals surface area contributed by atoms with Gasteiger partial charge in [0, 0.05) is 23.2 Å². The van der Waals surface area contributed by atoms with Crippen LogP contribution in [-0.2, 0) is 6.42 Å². The first-order valence-corrected chi connectivity index (χ1v) is 8.45. The van der Waals surface area contributed by atoms with Gasteiger partial charge in [-0.05, 0) is 41.3 Å². The maximum Gasteiger partial charge on any atom is 0.251 e. The van der Waals surface area contributed by atoms with Crippen LogP contribution in [0.25, 0.3) is 11.1 Å². The fraction of sp³-hybridized carbons (Fsp3) is 0.0909. The van der Waals surface area contributed by atoms with Crippen molar-refractivity contribution in [1.29, 1.82) is 0 Å². The molecule has 1 amide bonds. The summed E-state index contributed by atoms with van der Waals surface area (Å²) in [6.45, 7) is 0.324. The molecule has 0 spiro atoms. The molecular formula is C22H16FNO2. The molecule has 0 radical (unpaired) electrons. The third-order valence-electron chi connectivity index (χ3n) is 4.63. The van der Waals surface area contributed by atoms with Gasteiger partial charge in [0.15, 0.2) is 5.78 Å². The largest absolute Gasteiger partial charge is 0.352 e. The van der Waals surface area contributed by atoms with E-state index in [9.17, 15) is 14.0 Å². The highest BCUT2D eigenvalue weighted by molar-refractivity contribution is 6.22. The summed E-state index contributed by atoms with van der Waals surface area (Å²) < 4.78 is 13.6. The highest BCUT2D eigenvalue weighted by Crippen LogP contribution is 2.36. The van der Waals surface area contributed by atoms with Gasteiger partial charge in [-0.15, -0.1) is 0 Å². The number of nitrogens with one attached hydrogen (secondary N) is 1. The molecule has 3 aromatic carbocycles. The average molecular weight is 345 g/mol. The minimum Gasteiger partial charge on any atom is -0.352 e. The van der Waals surface area contributed by atoms with Crippen molar-refractivity contribution in [2.45, 2.75) is 6.42 Å². The molecular weight excluding hydrogens is 329 g/mol. The number of fused-ring (bicyclic) bond motifs is 3. The number of benzene rings is 3. The van der Waals surface area contributed by atoms with E-state index < -0.39 is 0 Å². The van der Waals surface area contributed by atoms with Gasteiger partial charge >= 0.3 is 0 Å². The molecule has 3 aromatic rings. The lowest BCUT2D eigenvalue weighted by Gasteiger charge is -2.07. The van der Waals surface area contributed by atoms with E-state index in [1.165, 1.54) is 6.07 Å². The predicted molar refractivity (Wildman–Crippen MR) is 97.7 cm³/mol. The molecule has 0 saturated heterocycles. The topological polar surface area (TPSA) is 46.2 Å². The van der Waals surface area contributed by atoms with E-state index >= 15 is 0 Å². The van der Waals surface area contributed by atoms with Crippen LogP contribution in [0.2, 0.25) is 0 Å². The smallest absolute Gasteiger partial charge is 0.251 e. The van der Waals surface area contributed by atoms with Crippen molar-refractivity contribution in [2.24, 2.45) is 0 Å². The third kappa shape index (κ3) is 2.80. The molecule has 1 N–H and O–H groups in total. The van der Waals surface area contributed by atoms with Gasteiger partial charge < -0.3 is 5.32 Å². The molecule has 0 bridgehead atoms. The van der Waals surface area contributed by atoms with Gasteiger partial charge in [0.1, 0.15) is 5.82 Å². The van der Waals surface area contributed by atoms with E-state index in [0.29, 0.717) is 35.2 Å². The molecule has 1 aliphatic rings. The van der Waals surface area contributed by atoms with E-state index in [1.807, 2.05) is 24.3 Å². The minimum absolute atomic E-state index is 0.0587. The Labute approximate surface area is 150 Å². The lowest BCUT2D eigenvalue weighted by molar-refractivity contribution is 0.0954. The quantitative estimate of drug-likeness (QED) is 0.607. The van der Waals surface area contributed by atoms with Gasteiger partial charge in [0.25, 0.3) is 5.91 Å². The van der Waals surface area contributed by atoms with Crippen LogP contribution < -0.4 is 5.32 Å². The second-order valence-corrected chi connectivity index (χ2v) is 6.23. The first-order chi connectivity index (χ1) is 12.6. The third-order valence-corrected chi connectivity index (χ3v) is 4.63. The van der Waals surface area contributed by atoms with E-state index in [4.69, 9.17) is 0 Å². The van der Waals surface area contributed by atoms with Crippen LogP contribution in [0.15, 0.2) is 66.7 Å². The van der Waals surface area contributed by atoms with Crippen LogP contribution in [0.5, 0.6) is 0 Å². The van der Waals surface area contributed by atoms with Crippen molar-refractivity contribution in [3.8, 4) is 11.1 Å². The second-order valence-electron chi connectivity index (χ2n) is 6.23. The molecule has 3 nitrogen and oxygen atoms in total. The molecule has 0 heterocycles. The monoisotopic (exact) mass is 345 g/mol. The number of amides is 1. The van der Waals surface area contributed by atoms with Crippen LogP contribution >= 0.6 is 0 Å². The zero-order valence-electron chi connectivity index (χ0n) is 14.0. The molecule has 4 rings (SSSR count). The standard InChI is InChI=1S/C22H16FNO2/c23-20-8-4-1-5-14(20)11-12-24-22(26)15-9-10-17-16-6-2-3-7-18(16)21(25)19(17)13-15/h1-10,13H,11-12H2,(H,24,26). The summed E-state index contributed by atoms with van der Waals surface area (Å²) in [5.74, 6) is -0.604. The Morgan fingerprint density at radius 3 is 2.35 bits per heavy atom. The molecule has 128 valence electrons. The first kappa shape index (κ1) is 16.2. The summed E-state index contributed by atoms with van der Waals surface area (Å²) in [6.07, 6.45) is 0.410. The van der Waals surface area contributed by atoms with Crippen LogP contribution in [0, 0.1) is 5.82 Å². The van der Waals surface area contributed by atoms with Crippen molar-refractivity contribution in [3.05, 3.63) is 94.8 Å². The van der Waals surface area contributed by atoms with Gasteiger partial charge in [0.2, 0.25) is 0 Å². The zero-order chi connectivity index (χ0) is 18.1. The Hall–Kier alpha value is -3.27. The van der Waals surface area contributed by atoms with Crippen LogP contribution in [0.1, 0.15) is 31.8 Å². The number of carbonyl (C=O) groups is 2. The molecule has 0 aliphatic heterocycles. The number of hydrogen-bond acceptors (Lipinski definition) is 2. The number of rotatable bonds is 4. The molecule has 0 unspecified atom stereocenters. The predicted octanol–water partition coefficient (Wildman–Crippen LogP) is 4.01. The number of hydrogen-bond donors (Lipinski definition) is 1. The zero-order valence-corrected chi connectivity index (χ0v) is 14.0. The van der Waals surface area contributed by atoms with Gasteiger partial charge in [-0.1, -0.05) is 48.5 Å². The Morgan fingerprint density at radius 2 is 1.54 bits per heavy atom. The molecule has 0 aromatic heterocycles. The summed E-state index contributed by atoms with van der Waals surface area (Å²) in [6, 6.07) is 19.1. The normalized spacial score (nSPS) is 11.8. The van der Waals surface area contributed by atoms with Crippen LogP contribution in [0.4, 0.5) is 4.39 Å². The fourth-order valence-corrected chi connectivity index (χ4v) is 3.28. The van der Waals surface area contributed by atoms with Gasteiger partial charge in [0.05, 0.1) is 0 Å². The lowest BCUT2D eigenvalue weighted by Crippen LogP contribution is -2.26. The van der Waals surface area contributed by atoms with Crippen molar-refractivity contribution < 1.29 is 14.0 Å².